The summed E-state index contributed by atoms with van der Waals surface area (Å²) in [6.07, 6.45) is 1.09. The maximum atomic E-state index is 11.9. The number of aromatic nitrogens is 2. The molecular weight excluding hydrogens is 304 g/mol. The number of aromatic amines is 1. The maximum absolute atomic E-state index is 11.9. The standard InChI is InChI=1S/C14H22N2O5Si/c1-22(2,3)5-4-9-7-16(14(20)15-13(9)19)12-6-10(18)11(8-17)21-12/h4-5,7,10-12,17-18H,6,8H2,1-3H3,(H,15,19,20)/b5-4+/t10?,11-,12-/m0/s1. The Morgan fingerprint density at radius 3 is 2.68 bits per heavy atom. The van der Waals surface area contributed by atoms with Crippen LogP contribution in [0.4, 0.5) is 0 Å². The molecule has 0 saturated carbocycles. The summed E-state index contributed by atoms with van der Waals surface area (Å²) in [6, 6.07) is 0. The summed E-state index contributed by atoms with van der Waals surface area (Å²) in [4.78, 5) is 26.1. The van der Waals surface area contributed by atoms with Gasteiger partial charge in [-0.3, -0.25) is 14.3 Å². The van der Waals surface area contributed by atoms with E-state index in [0.29, 0.717) is 5.56 Å². The number of aliphatic hydroxyl groups excluding tert-OH is 2. The fourth-order valence-corrected chi connectivity index (χ4v) is 2.90. The monoisotopic (exact) mass is 326 g/mol. The van der Waals surface area contributed by atoms with E-state index in [4.69, 9.17) is 9.84 Å². The van der Waals surface area contributed by atoms with Gasteiger partial charge in [0.2, 0.25) is 0 Å². The third-order valence-corrected chi connectivity index (χ3v) is 4.62. The predicted molar refractivity (Wildman–Crippen MR) is 85.3 cm³/mol. The molecule has 1 aromatic heterocycles. The lowest BCUT2D eigenvalue weighted by Crippen LogP contribution is -2.33. The predicted octanol–water partition coefficient (Wildman–Crippen LogP) is 0.0679. The van der Waals surface area contributed by atoms with Crippen molar-refractivity contribution in [3.05, 3.63) is 38.3 Å². The molecule has 1 unspecified atom stereocenters. The van der Waals surface area contributed by atoms with Crippen LogP contribution in [-0.4, -0.2) is 46.7 Å². The summed E-state index contributed by atoms with van der Waals surface area (Å²) in [5.74, 6) is 0. The van der Waals surface area contributed by atoms with Crippen molar-refractivity contribution in [2.75, 3.05) is 6.61 Å². The summed E-state index contributed by atoms with van der Waals surface area (Å²) in [7, 11) is -1.48. The summed E-state index contributed by atoms with van der Waals surface area (Å²) >= 11 is 0. The fourth-order valence-electron chi connectivity index (χ4n) is 2.22. The van der Waals surface area contributed by atoms with Crippen LogP contribution in [0, 0.1) is 0 Å². The Hall–Kier alpha value is -1.48. The zero-order chi connectivity index (χ0) is 16.5. The van der Waals surface area contributed by atoms with Crippen LogP contribution in [0.5, 0.6) is 0 Å². The van der Waals surface area contributed by atoms with Crippen LogP contribution in [-0.2, 0) is 4.74 Å². The SMILES string of the molecule is C[Si](C)(C)/C=C/c1cn([C@@H]2CC(O)[C@H](CO)O2)c(=O)[nH]c1=O. The Bertz CT molecular complexity index is 673. The zero-order valence-electron chi connectivity index (χ0n) is 12.9. The second kappa shape index (κ2) is 6.33. The number of hydrogen-bond acceptors (Lipinski definition) is 5. The lowest BCUT2D eigenvalue weighted by molar-refractivity contribution is -0.0459. The van der Waals surface area contributed by atoms with Crippen molar-refractivity contribution < 1.29 is 14.9 Å². The topological polar surface area (TPSA) is 105 Å². The molecule has 1 saturated heterocycles. The molecule has 3 atom stereocenters. The van der Waals surface area contributed by atoms with Gasteiger partial charge in [-0.1, -0.05) is 31.4 Å². The van der Waals surface area contributed by atoms with E-state index in [2.05, 4.69) is 24.6 Å². The molecule has 22 heavy (non-hydrogen) atoms. The number of nitrogens with zero attached hydrogens (tertiary/aromatic N) is 1. The van der Waals surface area contributed by atoms with Crippen LogP contribution >= 0.6 is 0 Å². The third kappa shape index (κ3) is 3.83. The maximum Gasteiger partial charge on any atom is 0.330 e. The average molecular weight is 326 g/mol. The molecular formula is C14H22N2O5Si. The van der Waals surface area contributed by atoms with Gasteiger partial charge in [0.15, 0.2) is 0 Å². The molecule has 1 aliphatic rings. The first kappa shape index (κ1) is 16.9. The minimum absolute atomic E-state index is 0.189. The molecule has 3 N–H and O–H groups in total. The summed E-state index contributed by atoms with van der Waals surface area (Å²) in [5, 5.41) is 18.9. The average Bonchev–Trinajstić information content (AvgIpc) is 2.77. The molecule has 2 heterocycles. The summed E-state index contributed by atoms with van der Waals surface area (Å²) < 4.78 is 6.71. The molecule has 0 bridgehead atoms. The molecule has 0 aromatic carbocycles. The first-order valence-electron chi connectivity index (χ1n) is 7.20. The van der Waals surface area contributed by atoms with E-state index in [1.807, 2.05) is 5.70 Å². The molecule has 1 aromatic rings. The number of ether oxygens (including phenoxy) is 1. The Labute approximate surface area is 128 Å². The van der Waals surface area contributed by atoms with Gasteiger partial charge in [-0.25, -0.2) is 4.79 Å². The smallest absolute Gasteiger partial charge is 0.330 e. The van der Waals surface area contributed by atoms with E-state index < -0.39 is 37.8 Å². The number of hydrogen-bond donors (Lipinski definition) is 3. The highest BCUT2D eigenvalue weighted by Crippen LogP contribution is 2.27. The highest BCUT2D eigenvalue weighted by molar-refractivity contribution is 6.81. The number of aliphatic hydroxyl groups is 2. The summed E-state index contributed by atoms with van der Waals surface area (Å²) in [6.45, 7) is 6.08. The molecule has 2 rings (SSSR count). The molecule has 7 nitrogen and oxygen atoms in total. The van der Waals surface area contributed by atoms with E-state index in [1.54, 1.807) is 6.08 Å². The van der Waals surface area contributed by atoms with Crippen molar-refractivity contribution >= 4 is 14.1 Å². The zero-order valence-corrected chi connectivity index (χ0v) is 13.9. The van der Waals surface area contributed by atoms with Crippen molar-refractivity contribution in [2.45, 2.75) is 44.5 Å². The third-order valence-electron chi connectivity index (χ3n) is 3.45. The molecule has 8 heteroatoms. The van der Waals surface area contributed by atoms with Crippen molar-refractivity contribution in [2.24, 2.45) is 0 Å². The quantitative estimate of drug-likeness (QED) is 0.679. The Morgan fingerprint density at radius 1 is 1.45 bits per heavy atom. The van der Waals surface area contributed by atoms with Gasteiger partial charge in [-0.15, -0.1) is 0 Å². The minimum Gasteiger partial charge on any atom is -0.394 e. The van der Waals surface area contributed by atoms with E-state index in [9.17, 15) is 14.7 Å². The van der Waals surface area contributed by atoms with Crippen LogP contribution in [0.1, 0.15) is 18.2 Å². The second-order valence-corrected chi connectivity index (χ2v) is 11.6. The van der Waals surface area contributed by atoms with E-state index in [1.165, 1.54) is 10.8 Å². The molecule has 122 valence electrons. The largest absolute Gasteiger partial charge is 0.394 e. The van der Waals surface area contributed by atoms with Gasteiger partial charge in [0.25, 0.3) is 5.56 Å². The Morgan fingerprint density at radius 2 is 2.14 bits per heavy atom. The van der Waals surface area contributed by atoms with Gasteiger partial charge in [0, 0.05) is 12.6 Å². The van der Waals surface area contributed by atoms with Crippen molar-refractivity contribution in [3.63, 3.8) is 0 Å². The number of nitrogens with one attached hydrogen (secondary N) is 1. The molecule has 0 aliphatic carbocycles. The van der Waals surface area contributed by atoms with Gasteiger partial charge in [-0.2, -0.15) is 0 Å². The van der Waals surface area contributed by atoms with Crippen molar-refractivity contribution in [1.82, 2.24) is 9.55 Å². The van der Waals surface area contributed by atoms with Gasteiger partial charge in [0.1, 0.15) is 12.3 Å². The molecule has 0 spiro atoms. The van der Waals surface area contributed by atoms with Gasteiger partial charge in [0.05, 0.1) is 26.3 Å². The van der Waals surface area contributed by atoms with Crippen molar-refractivity contribution in [3.8, 4) is 0 Å². The van der Waals surface area contributed by atoms with Gasteiger partial charge >= 0.3 is 5.69 Å². The van der Waals surface area contributed by atoms with Gasteiger partial charge < -0.3 is 14.9 Å². The Kier molecular flexibility index (Phi) is 4.86. The van der Waals surface area contributed by atoms with Crippen LogP contribution in [0.3, 0.4) is 0 Å². The highest BCUT2D eigenvalue weighted by atomic mass is 28.3. The van der Waals surface area contributed by atoms with Gasteiger partial charge in [-0.05, 0) is 0 Å². The first-order valence-corrected chi connectivity index (χ1v) is 10.8. The minimum atomic E-state index is -1.48. The number of rotatable bonds is 4. The van der Waals surface area contributed by atoms with Crippen molar-refractivity contribution in [1.29, 1.82) is 0 Å². The Balaban J connectivity index is 2.36. The van der Waals surface area contributed by atoms with Crippen LogP contribution < -0.4 is 11.2 Å². The lowest BCUT2D eigenvalue weighted by atomic mass is 10.2. The van der Waals surface area contributed by atoms with E-state index in [-0.39, 0.29) is 13.0 Å². The van der Waals surface area contributed by atoms with Crippen LogP contribution in [0.15, 0.2) is 21.5 Å². The number of H-pyrrole nitrogens is 1. The highest BCUT2D eigenvalue weighted by Gasteiger charge is 2.35. The molecule has 0 amide bonds. The van der Waals surface area contributed by atoms with Crippen LogP contribution in [0.25, 0.3) is 6.08 Å². The summed E-state index contributed by atoms with van der Waals surface area (Å²) in [5.41, 5.74) is 1.33. The van der Waals surface area contributed by atoms with E-state index in [0.717, 1.165) is 0 Å². The fraction of sp³-hybridized carbons (Fsp3) is 0.571. The van der Waals surface area contributed by atoms with Crippen LogP contribution in [0.2, 0.25) is 19.6 Å². The first-order chi connectivity index (χ1) is 10.2. The molecule has 1 fully saturated rings. The second-order valence-electron chi connectivity index (χ2n) is 6.57. The molecule has 1 aliphatic heterocycles. The lowest BCUT2D eigenvalue weighted by Gasteiger charge is -2.15. The molecule has 0 radical (unpaired) electrons. The van der Waals surface area contributed by atoms with E-state index >= 15 is 0 Å². The normalized spacial score (nSPS) is 26.0.